The van der Waals surface area contributed by atoms with Crippen LogP contribution in [0.3, 0.4) is 0 Å². The molecule has 3 nitrogen and oxygen atoms in total. The molecule has 0 aliphatic carbocycles. The highest BCUT2D eigenvalue weighted by atomic mass is 79.9. The number of rotatable bonds is 4. The highest BCUT2D eigenvalue weighted by Crippen LogP contribution is 2.26. The van der Waals surface area contributed by atoms with Gasteiger partial charge in [-0.05, 0) is 12.1 Å². The van der Waals surface area contributed by atoms with E-state index in [0.717, 1.165) is 0 Å². The van der Waals surface area contributed by atoms with Gasteiger partial charge in [-0.3, -0.25) is 0 Å². The van der Waals surface area contributed by atoms with Crippen LogP contribution in [0.2, 0.25) is 0 Å². The van der Waals surface area contributed by atoms with Crippen molar-refractivity contribution in [3.8, 4) is 5.75 Å². The van der Waals surface area contributed by atoms with E-state index in [-0.39, 0.29) is 17.3 Å². The Kier molecular flexibility index (Phi) is 4.19. The first-order chi connectivity index (χ1) is 6.91. The zero-order valence-electron chi connectivity index (χ0n) is 7.61. The fraction of sp³-hybridized carbons (Fsp3) is 0.111. The van der Waals surface area contributed by atoms with Gasteiger partial charge < -0.3 is 4.74 Å². The molecule has 1 aromatic carbocycles. The Morgan fingerprint density at radius 3 is 2.60 bits per heavy atom. The second kappa shape index (κ2) is 5.01. The third kappa shape index (κ3) is 3.85. The summed E-state index contributed by atoms with van der Waals surface area (Å²) in [4.78, 5) is -0.0413. The lowest BCUT2D eigenvalue weighted by Crippen LogP contribution is -2.01. The van der Waals surface area contributed by atoms with E-state index in [9.17, 15) is 8.42 Å². The molecule has 0 spiro atoms. The molecule has 15 heavy (non-hydrogen) atoms. The van der Waals surface area contributed by atoms with Crippen molar-refractivity contribution in [3.05, 3.63) is 35.3 Å². The fourth-order valence-electron chi connectivity index (χ4n) is 0.927. The average Bonchev–Trinajstić information content (AvgIpc) is 2.13. The van der Waals surface area contributed by atoms with Gasteiger partial charge in [0, 0.05) is 15.2 Å². The van der Waals surface area contributed by atoms with Crippen LogP contribution >= 0.6 is 26.6 Å². The van der Waals surface area contributed by atoms with Crippen LogP contribution in [0.25, 0.3) is 0 Å². The summed E-state index contributed by atoms with van der Waals surface area (Å²) in [7, 11) is 1.46. The topological polar surface area (TPSA) is 43.4 Å². The van der Waals surface area contributed by atoms with E-state index in [1.807, 2.05) is 0 Å². The summed E-state index contributed by atoms with van der Waals surface area (Å²) < 4.78 is 28.1. The third-order valence-corrected chi connectivity index (χ3v) is 3.09. The molecule has 1 aromatic rings. The van der Waals surface area contributed by atoms with Gasteiger partial charge in [0.1, 0.15) is 17.3 Å². The van der Waals surface area contributed by atoms with E-state index in [0.29, 0.717) is 4.48 Å². The summed E-state index contributed by atoms with van der Waals surface area (Å²) in [5, 5.41) is 0. The van der Waals surface area contributed by atoms with Crippen molar-refractivity contribution in [2.75, 3.05) is 6.61 Å². The van der Waals surface area contributed by atoms with Crippen LogP contribution in [0, 0.1) is 0 Å². The first kappa shape index (κ1) is 12.5. The van der Waals surface area contributed by atoms with Crippen molar-refractivity contribution >= 4 is 35.7 Å². The van der Waals surface area contributed by atoms with Gasteiger partial charge in [0.2, 0.25) is 0 Å². The van der Waals surface area contributed by atoms with Gasteiger partial charge in [0.25, 0.3) is 9.05 Å². The molecular weight excluding hydrogens is 304 g/mol. The number of hydrogen-bond donors (Lipinski definition) is 0. The summed E-state index contributed by atoms with van der Waals surface area (Å²) in [6.07, 6.45) is 0. The molecular formula is C9H8BrClO3S. The monoisotopic (exact) mass is 310 g/mol. The minimum absolute atomic E-state index is 0.0413. The number of halogens is 2. The Balaban J connectivity index is 3.02. The summed E-state index contributed by atoms with van der Waals surface area (Å²) in [5.74, 6) is 0.216. The Labute approximate surface area is 101 Å². The minimum Gasteiger partial charge on any atom is -0.487 e. The third-order valence-electron chi connectivity index (χ3n) is 1.50. The molecule has 0 saturated heterocycles. The van der Waals surface area contributed by atoms with Crippen LogP contribution in [-0.4, -0.2) is 15.0 Å². The van der Waals surface area contributed by atoms with Gasteiger partial charge >= 0.3 is 0 Å². The Hall–Kier alpha value is -0.520. The second-order valence-electron chi connectivity index (χ2n) is 2.69. The zero-order valence-corrected chi connectivity index (χ0v) is 10.8. The molecule has 0 N–H and O–H groups in total. The Morgan fingerprint density at radius 2 is 2.07 bits per heavy atom. The van der Waals surface area contributed by atoms with Crippen molar-refractivity contribution in [1.82, 2.24) is 0 Å². The molecule has 0 aliphatic rings. The molecule has 6 heteroatoms. The predicted octanol–water partition coefficient (Wildman–Crippen LogP) is 2.90. The molecule has 1 rings (SSSR count). The zero-order chi connectivity index (χ0) is 11.5. The molecule has 0 atom stereocenters. The first-order valence-electron chi connectivity index (χ1n) is 3.91. The molecule has 0 radical (unpaired) electrons. The molecule has 0 aromatic heterocycles. The average molecular weight is 312 g/mol. The van der Waals surface area contributed by atoms with Crippen LogP contribution in [0.15, 0.2) is 40.2 Å². The van der Waals surface area contributed by atoms with Crippen molar-refractivity contribution in [2.45, 2.75) is 4.90 Å². The molecule has 0 fully saturated rings. The first-order valence-corrected chi connectivity index (χ1v) is 7.01. The van der Waals surface area contributed by atoms with Crippen LogP contribution < -0.4 is 4.74 Å². The molecule has 82 valence electrons. The maximum absolute atomic E-state index is 11.1. The van der Waals surface area contributed by atoms with Gasteiger partial charge in [-0.1, -0.05) is 34.6 Å². The predicted molar refractivity (Wildman–Crippen MR) is 63.0 cm³/mol. The molecule has 0 amide bonds. The van der Waals surface area contributed by atoms with Gasteiger partial charge in [-0.15, -0.1) is 0 Å². The Bertz CT molecular complexity index is 470. The molecule has 0 aliphatic heterocycles. The summed E-state index contributed by atoms with van der Waals surface area (Å²) >= 11 is 3.10. The number of ether oxygens (including phenoxy) is 1. The largest absolute Gasteiger partial charge is 0.487 e. The van der Waals surface area contributed by atoms with Crippen molar-refractivity contribution in [1.29, 1.82) is 0 Å². The van der Waals surface area contributed by atoms with Gasteiger partial charge in [-0.25, -0.2) is 8.42 Å². The number of para-hydroxylation sites is 1. The van der Waals surface area contributed by atoms with Crippen molar-refractivity contribution in [3.63, 3.8) is 0 Å². The quantitative estimate of drug-likeness (QED) is 0.803. The van der Waals surface area contributed by atoms with E-state index in [2.05, 4.69) is 22.5 Å². The van der Waals surface area contributed by atoms with E-state index in [1.165, 1.54) is 12.1 Å². The molecule has 0 unspecified atom stereocenters. The highest BCUT2D eigenvalue weighted by molar-refractivity contribution is 9.11. The lowest BCUT2D eigenvalue weighted by molar-refractivity contribution is 0.351. The van der Waals surface area contributed by atoms with Gasteiger partial charge in [0.05, 0.1) is 0 Å². The minimum atomic E-state index is -3.78. The van der Waals surface area contributed by atoms with E-state index in [1.54, 1.807) is 12.1 Å². The maximum Gasteiger partial charge on any atom is 0.264 e. The molecule has 0 bridgehead atoms. The number of benzene rings is 1. The summed E-state index contributed by atoms with van der Waals surface area (Å²) in [5.41, 5.74) is 0. The standard InChI is InChI=1S/C9H8BrClO3S/c1-7(10)6-14-8-4-2-3-5-9(8)15(11,12)13/h2-5H,1,6H2. The van der Waals surface area contributed by atoms with Crippen LogP contribution in [0.4, 0.5) is 0 Å². The van der Waals surface area contributed by atoms with E-state index in [4.69, 9.17) is 15.4 Å². The fourth-order valence-corrected chi connectivity index (χ4v) is 2.03. The van der Waals surface area contributed by atoms with Crippen LogP contribution in [0.5, 0.6) is 5.75 Å². The van der Waals surface area contributed by atoms with E-state index >= 15 is 0 Å². The summed E-state index contributed by atoms with van der Waals surface area (Å²) in [6, 6.07) is 6.16. The van der Waals surface area contributed by atoms with Crippen molar-refractivity contribution in [2.24, 2.45) is 0 Å². The van der Waals surface area contributed by atoms with Gasteiger partial charge in [-0.2, -0.15) is 0 Å². The maximum atomic E-state index is 11.1. The van der Waals surface area contributed by atoms with E-state index < -0.39 is 9.05 Å². The number of hydrogen-bond acceptors (Lipinski definition) is 3. The lowest BCUT2D eigenvalue weighted by atomic mass is 10.3. The Morgan fingerprint density at radius 1 is 1.47 bits per heavy atom. The molecule has 0 saturated carbocycles. The highest BCUT2D eigenvalue weighted by Gasteiger charge is 2.15. The summed E-state index contributed by atoms with van der Waals surface area (Å²) in [6.45, 7) is 3.76. The van der Waals surface area contributed by atoms with Crippen LogP contribution in [-0.2, 0) is 9.05 Å². The van der Waals surface area contributed by atoms with Crippen molar-refractivity contribution < 1.29 is 13.2 Å². The molecule has 0 heterocycles. The van der Waals surface area contributed by atoms with Gasteiger partial charge in [0.15, 0.2) is 0 Å². The smallest absolute Gasteiger partial charge is 0.264 e. The second-order valence-corrected chi connectivity index (χ2v) is 6.35. The lowest BCUT2D eigenvalue weighted by Gasteiger charge is -2.08. The SMILES string of the molecule is C=C(Br)COc1ccccc1S(=O)(=O)Cl. The van der Waals surface area contributed by atoms with Crippen LogP contribution in [0.1, 0.15) is 0 Å². The normalized spacial score (nSPS) is 11.1.